The van der Waals surface area contributed by atoms with Crippen molar-refractivity contribution in [3.63, 3.8) is 0 Å². The van der Waals surface area contributed by atoms with E-state index >= 15 is 0 Å². The van der Waals surface area contributed by atoms with Crippen molar-refractivity contribution in [1.29, 1.82) is 0 Å². The molecule has 1 unspecified atom stereocenters. The number of hydrogen-bond acceptors (Lipinski definition) is 3. The molecule has 16 heavy (non-hydrogen) atoms. The predicted octanol–water partition coefficient (Wildman–Crippen LogP) is 2.37. The van der Waals surface area contributed by atoms with Crippen molar-refractivity contribution < 1.29 is 0 Å². The average Bonchev–Trinajstić information content (AvgIpc) is 2.34. The summed E-state index contributed by atoms with van der Waals surface area (Å²) in [6.07, 6.45) is 3.17. The molecule has 2 nitrogen and oxygen atoms in total. The van der Waals surface area contributed by atoms with Crippen molar-refractivity contribution >= 4 is 11.8 Å². The Bertz CT molecular complexity index is 277. The summed E-state index contributed by atoms with van der Waals surface area (Å²) in [7, 11) is 2.16. The van der Waals surface area contributed by atoms with E-state index in [0.29, 0.717) is 0 Å². The molecule has 0 bridgehead atoms. The zero-order chi connectivity index (χ0) is 11.8. The maximum Gasteiger partial charge on any atom is 0.0307 e. The van der Waals surface area contributed by atoms with Crippen molar-refractivity contribution in [3.8, 4) is 0 Å². The third-order valence-corrected chi connectivity index (χ3v) is 3.32. The van der Waals surface area contributed by atoms with Gasteiger partial charge in [-0.15, -0.1) is 0 Å². The van der Waals surface area contributed by atoms with E-state index in [0.717, 1.165) is 19.5 Å². The zero-order valence-corrected chi connectivity index (χ0v) is 11.0. The topological polar surface area (TPSA) is 29.3 Å². The van der Waals surface area contributed by atoms with Crippen LogP contribution < -0.4 is 5.73 Å². The first kappa shape index (κ1) is 13.6. The van der Waals surface area contributed by atoms with Gasteiger partial charge in [0.2, 0.25) is 0 Å². The van der Waals surface area contributed by atoms with E-state index in [1.807, 2.05) is 30.0 Å². The molecule has 1 rings (SSSR count). The van der Waals surface area contributed by atoms with Gasteiger partial charge in [0.15, 0.2) is 0 Å². The summed E-state index contributed by atoms with van der Waals surface area (Å²) in [6, 6.07) is 10.5. The van der Waals surface area contributed by atoms with E-state index in [2.05, 4.69) is 30.3 Å². The Morgan fingerprint density at radius 1 is 1.25 bits per heavy atom. The molecular weight excluding hydrogens is 216 g/mol. The van der Waals surface area contributed by atoms with Gasteiger partial charge in [0, 0.05) is 18.3 Å². The maximum absolute atomic E-state index is 6.14. The van der Waals surface area contributed by atoms with Crippen LogP contribution in [0.25, 0.3) is 0 Å². The van der Waals surface area contributed by atoms with Crippen LogP contribution in [0.2, 0.25) is 0 Å². The molecule has 0 amide bonds. The minimum absolute atomic E-state index is 0.165. The van der Waals surface area contributed by atoms with E-state index in [-0.39, 0.29) is 6.04 Å². The summed E-state index contributed by atoms with van der Waals surface area (Å²) in [6.45, 7) is 2.21. The summed E-state index contributed by atoms with van der Waals surface area (Å²) in [5.41, 5.74) is 7.38. The summed E-state index contributed by atoms with van der Waals surface area (Å²) >= 11 is 1.89. The van der Waals surface area contributed by atoms with Crippen LogP contribution in [0, 0.1) is 0 Å². The van der Waals surface area contributed by atoms with Crippen LogP contribution in [0.15, 0.2) is 30.3 Å². The van der Waals surface area contributed by atoms with Gasteiger partial charge in [-0.25, -0.2) is 0 Å². The molecule has 0 aromatic heterocycles. The number of hydrogen-bond donors (Lipinski definition) is 1. The van der Waals surface area contributed by atoms with Crippen LogP contribution >= 0.6 is 11.8 Å². The fraction of sp³-hybridized carbons (Fsp3) is 0.538. The van der Waals surface area contributed by atoms with Gasteiger partial charge in [0.05, 0.1) is 0 Å². The Labute approximate surface area is 103 Å². The highest BCUT2D eigenvalue weighted by Crippen LogP contribution is 2.13. The molecule has 3 heteroatoms. The molecule has 1 aromatic carbocycles. The fourth-order valence-electron chi connectivity index (χ4n) is 1.59. The molecule has 0 fully saturated rings. The molecule has 0 radical (unpaired) electrons. The Hall–Kier alpha value is -0.510. The molecule has 0 aliphatic heterocycles. The Morgan fingerprint density at radius 2 is 1.94 bits per heavy atom. The highest BCUT2D eigenvalue weighted by Gasteiger charge is 2.06. The number of benzene rings is 1. The van der Waals surface area contributed by atoms with Crippen molar-refractivity contribution in [2.24, 2.45) is 5.73 Å². The average molecular weight is 238 g/mol. The van der Waals surface area contributed by atoms with Gasteiger partial charge in [0.1, 0.15) is 0 Å². The van der Waals surface area contributed by atoms with E-state index < -0.39 is 0 Å². The van der Waals surface area contributed by atoms with Crippen LogP contribution in [-0.2, 0) is 0 Å². The molecule has 1 atom stereocenters. The molecular formula is C13H22N2S. The lowest BCUT2D eigenvalue weighted by molar-refractivity contribution is 0.337. The van der Waals surface area contributed by atoms with Gasteiger partial charge in [-0.1, -0.05) is 30.3 Å². The Morgan fingerprint density at radius 3 is 2.56 bits per heavy atom. The second-order valence-electron chi connectivity index (χ2n) is 4.10. The van der Waals surface area contributed by atoms with Crippen LogP contribution in [0.3, 0.4) is 0 Å². The molecule has 1 aromatic rings. The minimum Gasteiger partial charge on any atom is -0.324 e. The second-order valence-corrected chi connectivity index (χ2v) is 5.09. The van der Waals surface area contributed by atoms with E-state index in [9.17, 15) is 0 Å². The first-order valence-corrected chi connectivity index (χ1v) is 7.11. The van der Waals surface area contributed by atoms with Crippen LogP contribution in [0.1, 0.15) is 18.0 Å². The number of rotatable bonds is 7. The zero-order valence-electron chi connectivity index (χ0n) is 10.2. The van der Waals surface area contributed by atoms with Gasteiger partial charge in [-0.05, 0) is 31.8 Å². The molecule has 0 saturated carbocycles. The number of nitrogens with two attached hydrogens (primary N) is 1. The van der Waals surface area contributed by atoms with Gasteiger partial charge in [-0.3, -0.25) is 0 Å². The normalized spacial score (nSPS) is 13.0. The van der Waals surface area contributed by atoms with Crippen LogP contribution in [0.4, 0.5) is 0 Å². The molecule has 0 aliphatic rings. The van der Waals surface area contributed by atoms with Gasteiger partial charge in [0.25, 0.3) is 0 Å². The first-order chi connectivity index (χ1) is 7.74. The summed E-state index contributed by atoms with van der Waals surface area (Å²) in [5.74, 6) is 1.19. The highest BCUT2D eigenvalue weighted by atomic mass is 32.2. The summed E-state index contributed by atoms with van der Waals surface area (Å²) in [4.78, 5) is 2.35. The van der Waals surface area contributed by atoms with E-state index in [1.165, 1.54) is 11.3 Å². The minimum atomic E-state index is 0.165. The smallest absolute Gasteiger partial charge is 0.0307 e. The molecule has 2 N–H and O–H groups in total. The van der Waals surface area contributed by atoms with Gasteiger partial charge in [-0.2, -0.15) is 11.8 Å². The summed E-state index contributed by atoms with van der Waals surface area (Å²) < 4.78 is 0. The number of nitrogens with zero attached hydrogens (tertiary/aromatic N) is 1. The maximum atomic E-state index is 6.14. The monoisotopic (exact) mass is 238 g/mol. The fourth-order valence-corrected chi connectivity index (χ4v) is 2.08. The standard InChI is InChI=1S/C13H22N2S/c1-15(10-11-16-2)9-8-13(14)12-6-4-3-5-7-12/h3-7,13H,8-11,14H2,1-2H3. The number of thioether (sulfide) groups is 1. The lowest BCUT2D eigenvalue weighted by atomic mass is 10.0. The predicted molar refractivity (Wildman–Crippen MR) is 73.9 cm³/mol. The lowest BCUT2D eigenvalue weighted by Gasteiger charge is -2.19. The van der Waals surface area contributed by atoms with E-state index in [4.69, 9.17) is 5.73 Å². The molecule has 0 aliphatic carbocycles. The van der Waals surface area contributed by atoms with Gasteiger partial charge < -0.3 is 10.6 Å². The Balaban J connectivity index is 2.27. The second kappa shape index (κ2) is 7.71. The summed E-state index contributed by atoms with van der Waals surface area (Å²) in [5, 5.41) is 0. The van der Waals surface area contributed by atoms with Crippen molar-refractivity contribution in [2.75, 3.05) is 32.1 Å². The van der Waals surface area contributed by atoms with Crippen LogP contribution in [0.5, 0.6) is 0 Å². The molecule has 90 valence electrons. The highest BCUT2D eigenvalue weighted by molar-refractivity contribution is 7.98. The largest absolute Gasteiger partial charge is 0.324 e. The van der Waals surface area contributed by atoms with Crippen LogP contribution in [-0.4, -0.2) is 37.0 Å². The van der Waals surface area contributed by atoms with Crippen molar-refractivity contribution in [1.82, 2.24) is 4.90 Å². The van der Waals surface area contributed by atoms with Crippen molar-refractivity contribution in [3.05, 3.63) is 35.9 Å². The lowest BCUT2D eigenvalue weighted by Crippen LogP contribution is -2.25. The Kier molecular flexibility index (Phi) is 6.53. The molecule has 0 heterocycles. The van der Waals surface area contributed by atoms with Crippen molar-refractivity contribution in [2.45, 2.75) is 12.5 Å². The molecule has 0 spiro atoms. The quantitative estimate of drug-likeness (QED) is 0.791. The molecule has 0 saturated heterocycles. The SMILES string of the molecule is CSCCN(C)CCC(N)c1ccccc1. The van der Waals surface area contributed by atoms with Gasteiger partial charge >= 0.3 is 0 Å². The third kappa shape index (κ3) is 5.01. The third-order valence-electron chi connectivity index (χ3n) is 2.73. The van der Waals surface area contributed by atoms with E-state index in [1.54, 1.807) is 0 Å². The first-order valence-electron chi connectivity index (χ1n) is 5.72.